The van der Waals surface area contributed by atoms with Gasteiger partial charge in [0, 0.05) is 66.8 Å². The van der Waals surface area contributed by atoms with Gasteiger partial charge in [-0.15, -0.1) is 69.5 Å². The highest BCUT2D eigenvalue weighted by atomic mass is 16.2. The summed E-state index contributed by atoms with van der Waals surface area (Å²) >= 11 is 0. The maximum Gasteiger partial charge on any atom is 0.291 e. The van der Waals surface area contributed by atoms with E-state index in [1.54, 1.807) is 24.3 Å². The third kappa shape index (κ3) is 9.36. The van der Waals surface area contributed by atoms with Gasteiger partial charge in [-0.25, -0.2) is 29.9 Å². The van der Waals surface area contributed by atoms with E-state index in [4.69, 9.17) is 0 Å². The van der Waals surface area contributed by atoms with E-state index in [0.29, 0.717) is 125 Å². The van der Waals surface area contributed by atoms with Crippen molar-refractivity contribution < 1.29 is 28.8 Å². The number of carbonyl (C=O) groups is 6. The maximum absolute atomic E-state index is 12.2. The summed E-state index contributed by atoms with van der Waals surface area (Å²) < 4.78 is 7.39. The van der Waals surface area contributed by atoms with Crippen molar-refractivity contribution in [2.45, 2.75) is 13.8 Å². The van der Waals surface area contributed by atoms with Gasteiger partial charge in [-0.2, -0.15) is 19.9 Å². The molecule has 0 N–H and O–H groups in total. The molecule has 24 rings (SSSR count). The van der Waals surface area contributed by atoms with Crippen molar-refractivity contribution in [3.63, 3.8) is 0 Å². The Bertz CT molecular complexity index is 6180. The Labute approximate surface area is 574 Å². The quantitative estimate of drug-likeness (QED) is 0.208. The topological polar surface area (TPSA) is 464 Å². The van der Waals surface area contributed by atoms with Crippen LogP contribution >= 0.6 is 0 Å². The molecule has 0 radical (unpaired) electrons. The van der Waals surface area contributed by atoms with Crippen LogP contribution in [-0.2, 0) is 0 Å². The lowest BCUT2D eigenvalue weighted by atomic mass is 10.1. The fourth-order valence-electron chi connectivity index (χ4n) is 12.3. The van der Waals surface area contributed by atoms with Crippen molar-refractivity contribution >= 4 is 69.4 Å². The van der Waals surface area contributed by atoms with Gasteiger partial charge in [0.05, 0.1) is 0 Å². The molecule has 104 heavy (non-hydrogen) atoms. The number of aromatic nitrogens is 32. The first-order valence-electron chi connectivity index (χ1n) is 31.0. The number of nitrogens with zero attached hydrogens (tertiary/aromatic N) is 32. The molecule has 6 aliphatic carbocycles. The van der Waals surface area contributed by atoms with E-state index in [1.807, 2.05) is 123 Å². The molecule has 38 heteroatoms. The normalized spacial score (nSPS) is 12.8. The Kier molecular flexibility index (Phi) is 13.0. The molecule has 12 heterocycles. The number of benzene rings is 6. The van der Waals surface area contributed by atoms with Crippen molar-refractivity contribution in [2.75, 3.05) is 0 Å². The van der Waals surface area contributed by atoms with Crippen molar-refractivity contribution in [3.8, 4) is 67.5 Å². The van der Waals surface area contributed by atoms with E-state index in [0.717, 1.165) is 53.8 Å². The minimum absolute atomic E-state index is 0.107. The molecule has 0 saturated heterocycles. The smallest absolute Gasteiger partial charge is 0.287 e. The van der Waals surface area contributed by atoms with Gasteiger partial charge in [0.1, 0.15) is 59.5 Å². The van der Waals surface area contributed by atoms with E-state index >= 15 is 0 Å². The van der Waals surface area contributed by atoms with Crippen molar-refractivity contribution in [3.05, 3.63) is 237 Å². The molecule has 0 atom stereocenters. The number of aryl methyl sites for hydroxylation is 2. The van der Waals surface area contributed by atoms with Crippen LogP contribution in [0.15, 0.2) is 159 Å². The summed E-state index contributed by atoms with van der Waals surface area (Å²) in [4.78, 5) is 114. The predicted molar refractivity (Wildman–Crippen MR) is 350 cm³/mol. The number of rotatable bonds is 0. The fraction of sp³-hybridized carbons (Fsp3) is 0.0303. The number of fused-ring (bicyclic) bond motifs is 24. The second-order valence-electron chi connectivity index (χ2n) is 23.2. The first-order valence-corrected chi connectivity index (χ1v) is 31.0. The van der Waals surface area contributed by atoms with Crippen LogP contribution < -0.4 is 0 Å². The highest BCUT2D eigenvalue weighted by molar-refractivity contribution is 6.23. The first kappa shape index (κ1) is 59.4. The van der Waals surface area contributed by atoms with Crippen LogP contribution in [0.3, 0.4) is 0 Å². The Morgan fingerprint density at radius 1 is 0.240 bits per heavy atom. The van der Waals surface area contributed by atoms with Gasteiger partial charge < -0.3 is 0 Å². The van der Waals surface area contributed by atoms with Gasteiger partial charge in [0.25, 0.3) is 34.7 Å². The minimum atomic E-state index is -0.138. The summed E-state index contributed by atoms with van der Waals surface area (Å²) in [6.07, 6.45) is 5.46. The van der Waals surface area contributed by atoms with Crippen LogP contribution in [-0.4, -0.2) is 194 Å². The molecule has 0 bridgehead atoms. The molecule has 0 spiro atoms. The fourth-order valence-corrected chi connectivity index (χ4v) is 12.3. The number of ketones is 6. The third-order valence-corrected chi connectivity index (χ3v) is 17.1. The van der Waals surface area contributed by atoms with Crippen molar-refractivity contribution in [1.82, 2.24) is 160 Å². The summed E-state index contributed by atoms with van der Waals surface area (Å²) in [7, 11) is 0. The molecule has 0 saturated carbocycles. The highest BCUT2D eigenvalue weighted by Crippen LogP contribution is 2.39. The zero-order chi connectivity index (χ0) is 70.2. The molecular weight excluding hydrogens is 1340 g/mol. The number of hydrogen-bond donors (Lipinski definition) is 0. The van der Waals surface area contributed by atoms with Crippen LogP contribution in [0.2, 0.25) is 0 Å². The second-order valence-corrected chi connectivity index (χ2v) is 23.2. The summed E-state index contributed by atoms with van der Waals surface area (Å²) in [6.45, 7) is 3.96. The zero-order valence-electron chi connectivity index (χ0n) is 52.8. The summed E-state index contributed by atoms with van der Waals surface area (Å²) in [5.41, 5.74) is 16.2. The standard InChI is InChI=1S/2C12H7N5O.2C11H5N5O.2C10H4N6O/c2*1-6-2-3-7-8(4-6)9-10(11(7)18)16-17-12(15-9)13-5-14-17;2*17-10-7-4-2-1-3-6(7)8-9(10)15-16-11(14-8)12-5-13-16;2*17-9-6-4-2-1-3-5(6)7-8(9)13-16-10(11-7)12-14-15-16/h2*2-5H,1H3;2*1-5H;2*1-4H. The number of hydrogen-bond acceptors (Lipinski definition) is 32. The molecule has 0 unspecified atom stereocenters. The highest BCUT2D eigenvalue weighted by Gasteiger charge is 2.36. The van der Waals surface area contributed by atoms with E-state index in [-0.39, 0.29) is 46.3 Å². The Balaban J connectivity index is 0.0000000859. The SMILES string of the molecule is Cc1ccc2c(c1)-c1nc3ncnn3nc1C2=O.Cc1ccc2c(c1)-c1nc3ncnn3nc1C2=O.O=C1c2ccccc2-c2nc3ncnn3nc21.O=C1c2ccccc2-c2nc3ncnn3nc21.O=C1c2ccccc2-c2nc3nnnn3nc21.O=C1c2ccccc2-c2nc3nnnn3nc21. The van der Waals surface area contributed by atoms with E-state index < -0.39 is 0 Å². The lowest BCUT2D eigenvalue weighted by Crippen LogP contribution is -2.06. The van der Waals surface area contributed by atoms with E-state index in [9.17, 15) is 28.8 Å². The van der Waals surface area contributed by atoms with Crippen molar-refractivity contribution in [1.29, 1.82) is 0 Å². The van der Waals surface area contributed by atoms with Crippen molar-refractivity contribution in [2.24, 2.45) is 0 Å². The third-order valence-electron chi connectivity index (χ3n) is 17.1. The molecule has 38 nitrogen and oxygen atoms in total. The molecule has 6 aromatic carbocycles. The summed E-state index contributed by atoms with van der Waals surface area (Å²) in [6, 6.07) is 40.5. The molecule has 0 fully saturated rings. The molecule has 6 aliphatic rings. The van der Waals surface area contributed by atoms with Gasteiger partial charge in [-0.1, -0.05) is 152 Å². The van der Waals surface area contributed by atoms with E-state index in [1.165, 1.54) is 43.8 Å². The van der Waals surface area contributed by atoms with Gasteiger partial charge >= 0.3 is 0 Å². The van der Waals surface area contributed by atoms with Gasteiger partial charge in [0.2, 0.25) is 34.7 Å². The molecule has 18 aromatic rings. The Morgan fingerprint density at radius 2 is 0.471 bits per heavy atom. The van der Waals surface area contributed by atoms with Gasteiger partial charge in [0.15, 0.2) is 34.2 Å². The Morgan fingerprint density at radius 3 is 0.750 bits per heavy atom. The predicted octanol–water partition coefficient (Wildman–Crippen LogP) is 3.79. The maximum atomic E-state index is 12.2. The molecular formula is C66H32N32O6. The van der Waals surface area contributed by atoms with Crippen LogP contribution in [0.25, 0.3) is 102 Å². The van der Waals surface area contributed by atoms with Gasteiger partial charge in [-0.05, 0) is 46.8 Å². The van der Waals surface area contributed by atoms with Crippen LogP contribution in [0, 0.1) is 13.8 Å². The van der Waals surface area contributed by atoms with Crippen LogP contribution in [0.4, 0.5) is 0 Å². The van der Waals surface area contributed by atoms with Crippen LogP contribution in [0.5, 0.6) is 0 Å². The lowest BCUT2D eigenvalue weighted by molar-refractivity contribution is 0.102. The molecule has 0 amide bonds. The van der Waals surface area contributed by atoms with E-state index in [2.05, 4.69) is 132 Å². The monoisotopic (exact) mass is 1370 g/mol. The minimum Gasteiger partial charge on any atom is -0.287 e. The Hall–Kier alpha value is -15.9. The molecule has 0 aliphatic heterocycles. The number of tetrazole rings is 2. The lowest BCUT2D eigenvalue weighted by Gasteiger charge is -1.99. The van der Waals surface area contributed by atoms with Crippen LogP contribution in [0.1, 0.15) is 107 Å². The first-order chi connectivity index (χ1) is 50.8. The largest absolute Gasteiger partial charge is 0.291 e. The molecule has 12 aromatic heterocycles. The second kappa shape index (κ2) is 22.8. The zero-order valence-corrected chi connectivity index (χ0v) is 52.8. The number of carbonyl (C=O) groups excluding carboxylic acids is 6. The summed E-state index contributed by atoms with van der Waals surface area (Å²) in [5, 5.41) is 61.9. The molecule has 492 valence electrons. The summed E-state index contributed by atoms with van der Waals surface area (Å²) in [5.74, 6) is 1.45. The average Bonchev–Trinajstić information content (AvgIpc) is 1.57. The van der Waals surface area contributed by atoms with Gasteiger partial charge in [-0.3, -0.25) is 28.8 Å². The average molecular weight is 1370 g/mol.